The summed E-state index contributed by atoms with van der Waals surface area (Å²) in [6, 6.07) is 0. The Balaban J connectivity index is 2.19. The normalized spacial score (nSPS) is 44.7. The van der Waals surface area contributed by atoms with E-state index in [1.165, 1.54) is 5.57 Å². The van der Waals surface area contributed by atoms with E-state index in [1.807, 2.05) is 0 Å². The molecule has 0 bridgehead atoms. The first kappa shape index (κ1) is 7.99. The summed E-state index contributed by atoms with van der Waals surface area (Å²) in [7, 11) is 0. The second-order valence-electron chi connectivity index (χ2n) is 4.08. The predicted octanol–water partition coefficient (Wildman–Crippen LogP) is 1.15. The van der Waals surface area contributed by atoms with Gasteiger partial charge in [0.1, 0.15) is 6.29 Å². The second-order valence-corrected chi connectivity index (χ2v) is 4.08. The number of fused-ring (bicyclic) bond motifs is 1. The molecule has 66 valence electrons. The molecule has 1 N–H and O–H groups in total. The minimum absolute atomic E-state index is 0.171. The first-order valence-corrected chi connectivity index (χ1v) is 4.47. The van der Waals surface area contributed by atoms with Crippen molar-refractivity contribution in [1.82, 2.24) is 0 Å². The van der Waals surface area contributed by atoms with Gasteiger partial charge in [-0.3, -0.25) is 0 Å². The van der Waals surface area contributed by atoms with Gasteiger partial charge >= 0.3 is 0 Å². The molecular weight excluding hydrogens is 152 g/mol. The van der Waals surface area contributed by atoms with Gasteiger partial charge in [0, 0.05) is 12.0 Å². The average Bonchev–Trinajstić information content (AvgIpc) is 2.72. The van der Waals surface area contributed by atoms with E-state index < -0.39 is 0 Å². The molecular formula is C10H14O2. The molecule has 0 spiro atoms. The van der Waals surface area contributed by atoms with Gasteiger partial charge in [-0.1, -0.05) is 11.6 Å². The summed E-state index contributed by atoms with van der Waals surface area (Å²) in [5, 5.41) is 9.04. The fraction of sp³-hybridized carbons (Fsp3) is 0.700. The van der Waals surface area contributed by atoms with E-state index in [4.69, 9.17) is 5.11 Å². The maximum Gasteiger partial charge on any atom is 0.127 e. The molecule has 0 aromatic heterocycles. The van der Waals surface area contributed by atoms with Crippen LogP contribution in [-0.2, 0) is 4.79 Å². The molecule has 0 amide bonds. The Morgan fingerprint density at radius 3 is 3.17 bits per heavy atom. The quantitative estimate of drug-likeness (QED) is 0.493. The number of rotatable bonds is 2. The zero-order valence-electron chi connectivity index (χ0n) is 7.29. The standard InChI is InChI=1S/C10H14O2/c1-7-2-3-10(6-12)8(4-7)9(10)5-11/h2,6,8-9,11H,3-5H2,1H3/t8-,9+,10+/m1/s1. The van der Waals surface area contributed by atoms with Crippen molar-refractivity contribution >= 4 is 6.29 Å². The number of allylic oxidation sites excluding steroid dienone is 2. The lowest BCUT2D eigenvalue weighted by atomic mass is 9.91. The third-order valence-corrected chi connectivity index (χ3v) is 3.52. The SMILES string of the molecule is CC1=CC[C@]2(C=O)[C@H](C1)[C@@H]2CO. The molecule has 0 aliphatic heterocycles. The van der Waals surface area contributed by atoms with Crippen molar-refractivity contribution in [1.29, 1.82) is 0 Å². The maximum absolute atomic E-state index is 10.9. The van der Waals surface area contributed by atoms with Gasteiger partial charge in [-0.05, 0) is 31.6 Å². The Bertz CT molecular complexity index is 244. The van der Waals surface area contributed by atoms with E-state index in [0.29, 0.717) is 5.92 Å². The van der Waals surface area contributed by atoms with Crippen LogP contribution in [0.3, 0.4) is 0 Å². The molecule has 0 saturated heterocycles. The van der Waals surface area contributed by atoms with Gasteiger partial charge < -0.3 is 9.90 Å². The van der Waals surface area contributed by atoms with Gasteiger partial charge in [0.15, 0.2) is 0 Å². The number of carbonyl (C=O) groups is 1. The lowest BCUT2D eigenvalue weighted by molar-refractivity contribution is -0.113. The molecule has 3 atom stereocenters. The van der Waals surface area contributed by atoms with Crippen LogP contribution in [0.1, 0.15) is 19.8 Å². The van der Waals surface area contributed by atoms with E-state index in [2.05, 4.69) is 13.0 Å². The number of hydrogen-bond donors (Lipinski definition) is 1. The fourth-order valence-corrected chi connectivity index (χ4v) is 2.57. The Hall–Kier alpha value is -0.630. The monoisotopic (exact) mass is 166 g/mol. The van der Waals surface area contributed by atoms with Crippen LogP contribution in [0.25, 0.3) is 0 Å². The second kappa shape index (κ2) is 2.43. The summed E-state index contributed by atoms with van der Waals surface area (Å²) in [4.78, 5) is 10.9. The lowest BCUT2D eigenvalue weighted by Gasteiger charge is -2.13. The van der Waals surface area contributed by atoms with Gasteiger partial charge in [-0.15, -0.1) is 0 Å². The number of aldehydes is 1. The van der Waals surface area contributed by atoms with Crippen molar-refractivity contribution in [2.75, 3.05) is 6.61 Å². The summed E-state index contributed by atoms with van der Waals surface area (Å²) in [6.45, 7) is 2.27. The van der Waals surface area contributed by atoms with Crippen LogP contribution >= 0.6 is 0 Å². The van der Waals surface area contributed by atoms with E-state index in [9.17, 15) is 4.79 Å². The van der Waals surface area contributed by atoms with Gasteiger partial charge in [0.2, 0.25) is 0 Å². The van der Waals surface area contributed by atoms with E-state index in [-0.39, 0.29) is 17.9 Å². The van der Waals surface area contributed by atoms with E-state index in [0.717, 1.165) is 19.1 Å². The highest BCUT2D eigenvalue weighted by molar-refractivity contribution is 5.67. The molecule has 0 heterocycles. The van der Waals surface area contributed by atoms with Gasteiger partial charge in [-0.2, -0.15) is 0 Å². The minimum atomic E-state index is -0.172. The van der Waals surface area contributed by atoms with Crippen LogP contribution in [0.2, 0.25) is 0 Å². The number of aliphatic hydroxyl groups is 1. The molecule has 0 radical (unpaired) electrons. The van der Waals surface area contributed by atoms with E-state index >= 15 is 0 Å². The minimum Gasteiger partial charge on any atom is -0.396 e. The van der Waals surface area contributed by atoms with Crippen LogP contribution in [0, 0.1) is 17.3 Å². The third-order valence-electron chi connectivity index (χ3n) is 3.52. The van der Waals surface area contributed by atoms with Crippen LogP contribution in [0.4, 0.5) is 0 Å². The molecule has 1 fully saturated rings. The van der Waals surface area contributed by atoms with Crippen molar-refractivity contribution in [2.24, 2.45) is 17.3 Å². The smallest absolute Gasteiger partial charge is 0.127 e. The first-order chi connectivity index (χ1) is 5.74. The summed E-state index contributed by atoms with van der Waals surface area (Å²) in [5.74, 6) is 0.675. The van der Waals surface area contributed by atoms with Gasteiger partial charge in [0.25, 0.3) is 0 Å². The van der Waals surface area contributed by atoms with Crippen molar-refractivity contribution in [3.63, 3.8) is 0 Å². The van der Waals surface area contributed by atoms with Gasteiger partial charge in [0.05, 0.1) is 0 Å². The Kier molecular flexibility index (Phi) is 1.62. The zero-order valence-corrected chi connectivity index (χ0v) is 7.29. The molecule has 0 unspecified atom stereocenters. The fourth-order valence-electron chi connectivity index (χ4n) is 2.57. The highest BCUT2D eigenvalue weighted by atomic mass is 16.3. The Morgan fingerprint density at radius 1 is 1.83 bits per heavy atom. The summed E-state index contributed by atoms with van der Waals surface area (Å²) in [5.41, 5.74) is 1.20. The number of carbonyl (C=O) groups excluding carboxylic acids is 1. The topological polar surface area (TPSA) is 37.3 Å². The van der Waals surface area contributed by atoms with Crippen LogP contribution in [0.5, 0.6) is 0 Å². The molecule has 12 heavy (non-hydrogen) atoms. The van der Waals surface area contributed by atoms with Crippen molar-refractivity contribution in [3.8, 4) is 0 Å². The molecule has 2 heteroatoms. The van der Waals surface area contributed by atoms with Crippen molar-refractivity contribution in [2.45, 2.75) is 19.8 Å². The molecule has 1 saturated carbocycles. The largest absolute Gasteiger partial charge is 0.396 e. The highest BCUT2D eigenvalue weighted by Gasteiger charge is 2.64. The summed E-state index contributed by atoms with van der Waals surface area (Å²) < 4.78 is 0. The number of hydrogen-bond acceptors (Lipinski definition) is 2. The molecule has 0 aromatic rings. The zero-order chi connectivity index (χ0) is 8.77. The molecule has 0 aromatic carbocycles. The first-order valence-electron chi connectivity index (χ1n) is 4.47. The molecule has 2 nitrogen and oxygen atoms in total. The van der Waals surface area contributed by atoms with Crippen molar-refractivity contribution < 1.29 is 9.90 Å². The Morgan fingerprint density at radius 2 is 2.58 bits per heavy atom. The van der Waals surface area contributed by atoms with Crippen LogP contribution in [-0.4, -0.2) is 18.0 Å². The Labute approximate surface area is 72.3 Å². The summed E-state index contributed by atoms with van der Waals surface area (Å²) >= 11 is 0. The third kappa shape index (κ3) is 0.816. The highest BCUT2D eigenvalue weighted by Crippen LogP contribution is 2.64. The van der Waals surface area contributed by atoms with Crippen LogP contribution < -0.4 is 0 Å². The molecule has 2 aliphatic carbocycles. The van der Waals surface area contributed by atoms with Crippen molar-refractivity contribution in [3.05, 3.63) is 11.6 Å². The summed E-state index contributed by atoms with van der Waals surface area (Å²) in [6.07, 6.45) is 5.05. The van der Waals surface area contributed by atoms with E-state index in [1.54, 1.807) is 0 Å². The van der Waals surface area contributed by atoms with Gasteiger partial charge in [-0.25, -0.2) is 0 Å². The maximum atomic E-state index is 10.9. The lowest BCUT2D eigenvalue weighted by Crippen LogP contribution is -2.10. The van der Waals surface area contributed by atoms with Crippen LogP contribution in [0.15, 0.2) is 11.6 Å². The average molecular weight is 166 g/mol. The molecule has 2 rings (SSSR count). The predicted molar refractivity (Wildman–Crippen MR) is 45.6 cm³/mol. The molecule has 2 aliphatic rings. The number of aliphatic hydroxyl groups excluding tert-OH is 1.